The molecule has 0 saturated heterocycles. The summed E-state index contributed by atoms with van der Waals surface area (Å²) < 4.78 is 0. The summed E-state index contributed by atoms with van der Waals surface area (Å²) in [6.07, 6.45) is 3.23. The van der Waals surface area contributed by atoms with Crippen molar-refractivity contribution in [2.75, 3.05) is 20.1 Å². The molecule has 0 aromatic rings. The first kappa shape index (κ1) is 12.0. The lowest BCUT2D eigenvalue weighted by molar-refractivity contribution is -0.134. The Labute approximate surface area is 90.0 Å². The second-order valence-electron chi connectivity index (χ2n) is 3.98. The van der Waals surface area contributed by atoms with Crippen molar-refractivity contribution >= 4 is 11.8 Å². The minimum atomic E-state index is -0.0684. The maximum absolute atomic E-state index is 11.4. The molecule has 1 aliphatic rings. The summed E-state index contributed by atoms with van der Waals surface area (Å²) in [5.41, 5.74) is 5.30. The van der Waals surface area contributed by atoms with Crippen molar-refractivity contribution in [3.63, 3.8) is 0 Å². The highest BCUT2D eigenvalue weighted by molar-refractivity contribution is 5.84. The monoisotopic (exact) mass is 213 g/mol. The SMILES string of the molecule is CN(CC(=O)NC1CC1)C(=O)CCCN. The zero-order valence-electron chi connectivity index (χ0n) is 9.16. The average molecular weight is 213 g/mol. The Morgan fingerprint density at radius 2 is 2.13 bits per heavy atom. The summed E-state index contributed by atoms with van der Waals surface area (Å²) in [5, 5.41) is 2.84. The van der Waals surface area contributed by atoms with E-state index in [1.54, 1.807) is 7.05 Å². The van der Waals surface area contributed by atoms with Crippen LogP contribution in [0.4, 0.5) is 0 Å². The van der Waals surface area contributed by atoms with E-state index in [0.29, 0.717) is 25.4 Å². The molecule has 1 saturated carbocycles. The van der Waals surface area contributed by atoms with Gasteiger partial charge in [-0.15, -0.1) is 0 Å². The zero-order valence-corrected chi connectivity index (χ0v) is 9.16. The van der Waals surface area contributed by atoms with E-state index >= 15 is 0 Å². The first-order valence-corrected chi connectivity index (χ1v) is 5.37. The van der Waals surface area contributed by atoms with Crippen molar-refractivity contribution in [1.29, 1.82) is 0 Å². The molecule has 0 aromatic carbocycles. The molecule has 1 aliphatic carbocycles. The van der Waals surface area contributed by atoms with E-state index in [-0.39, 0.29) is 18.4 Å². The second-order valence-corrected chi connectivity index (χ2v) is 3.98. The van der Waals surface area contributed by atoms with Gasteiger partial charge in [0, 0.05) is 19.5 Å². The topological polar surface area (TPSA) is 75.4 Å². The minimum Gasteiger partial charge on any atom is -0.352 e. The van der Waals surface area contributed by atoms with Gasteiger partial charge in [0.05, 0.1) is 6.54 Å². The maximum Gasteiger partial charge on any atom is 0.239 e. The van der Waals surface area contributed by atoms with E-state index in [9.17, 15) is 9.59 Å². The molecule has 0 heterocycles. The van der Waals surface area contributed by atoms with Gasteiger partial charge in [0.2, 0.25) is 11.8 Å². The van der Waals surface area contributed by atoms with Gasteiger partial charge < -0.3 is 16.0 Å². The molecule has 0 aliphatic heterocycles. The van der Waals surface area contributed by atoms with Crippen LogP contribution in [0.1, 0.15) is 25.7 Å². The van der Waals surface area contributed by atoms with Crippen molar-refractivity contribution in [1.82, 2.24) is 10.2 Å². The van der Waals surface area contributed by atoms with Crippen LogP contribution in [0, 0.1) is 0 Å². The number of nitrogens with one attached hydrogen (secondary N) is 1. The first-order valence-electron chi connectivity index (χ1n) is 5.37. The summed E-state index contributed by atoms with van der Waals surface area (Å²) in [6.45, 7) is 0.660. The van der Waals surface area contributed by atoms with E-state index < -0.39 is 0 Å². The Balaban J connectivity index is 2.17. The number of nitrogens with two attached hydrogens (primary N) is 1. The Kier molecular flexibility index (Phi) is 4.55. The van der Waals surface area contributed by atoms with Crippen molar-refractivity contribution in [3.8, 4) is 0 Å². The lowest BCUT2D eigenvalue weighted by Crippen LogP contribution is -2.39. The van der Waals surface area contributed by atoms with Gasteiger partial charge in [-0.25, -0.2) is 0 Å². The van der Waals surface area contributed by atoms with Crippen LogP contribution in [0.5, 0.6) is 0 Å². The summed E-state index contributed by atoms with van der Waals surface area (Å²) in [5.74, 6) is -0.0903. The van der Waals surface area contributed by atoms with Gasteiger partial charge in [-0.05, 0) is 25.8 Å². The standard InChI is InChI=1S/C10H19N3O2/c1-13(10(15)3-2-6-11)7-9(14)12-8-4-5-8/h8H,2-7,11H2,1H3,(H,12,14). The number of hydrogen-bond acceptors (Lipinski definition) is 3. The molecule has 0 spiro atoms. The van der Waals surface area contributed by atoms with Gasteiger partial charge in [-0.3, -0.25) is 9.59 Å². The third-order valence-electron chi connectivity index (χ3n) is 2.34. The Morgan fingerprint density at radius 3 is 2.67 bits per heavy atom. The Morgan fingerprint density at radius 1 is 1.47 bits per heavy atom. The third kappa shape index (κ3) is 4.78. The van der Waals surface area contributed by atoms with E-state index in [2.05, 4.69) is 5.32 Å². The minimum absolute atomic E-state index is 0.0219. The highest BCUT2D eigenvalue weighted by Crippen LogP contribution is 2.18. The highest BCUT2D eigenvalue weighted by atomic mass is 16.2. The zero-order chi connectivity index (χ0) is 11.3. The molecule has 2 amide bonds. The van der Waals surface area contributed by atoms with Crippen molar-refractivity contribution in [2.45, 2.75) is 31.7 Å². The molecule has 0 unspecified atom stereocenters. The van der Waals surface area contributed by atoms with Crippen LogP contribution < -0.4 is 11.1 Å². The third-order valence-corrected chi connectivity index (χ3v) is 2.34. The molecule has 15 heavy (non-hydrogen) atoms. The molecule has 1 fully saturated rings. The van der Waals surface area contributed by atoms with E-state index in [1.165, 1.54) is 4.90 Å². The number of nitrogens with zero attached hydrogens (tertiary/aromatic N) is 1. The Bertz CT molecular complexity index is 239. The molecule has 5 heteroatoms. The van der Waals surface area contributed by atoms with Crippen LogP contribution >= 0.6 is 0 Å². The summed E-state index contributed by atoms with van der Waals surface area (Å²) in [4.78, 5) is 24.2. The number of amides is 2. The number of rotatable bonds is 6. The molecule has 1 rings (SSSR count). The molecule has 3 N–H and O–H groups in total. The maximum atomic E-state index is 11.4. The Hall–Kier alpha value is -1.10. The van der Waals surface area contributed by atoms with Crippen LogP contribution in [0.15, 0.2) is 0 Å². The van der Waals surface area contributed by atoms with Crippen LogP contribution in [-0.4, -0.2) is 42.9 Å². The van der Waals surface area contributed by atoms with Gasteiger partial charge in [-0.2, -0.15) is 0 Å². The fourth-order valence-corrected chi connectivity index (χ4v) is 1.25. The van der Waals surface area contributed by atoms with Crippen LogP contribution in [0.2, 0.25) is 0 Å². The van der Waals surface area contributed by atoms with Crippen LogP contribution in [0.3, 0.4) is 0 Å². The van der Waals surface area contributed by atoms with Crippen LogP contribution in [0.25, 0.3) is 0 Å². The largest absolute Gasteiger partial charge is 0.352 e. The fourth-order valence-electron chi connectivity index (χ4n) is 1.25. The number of hydrogen-bond donors (Lipinski definition) is 2. The predicted molar refractivity (Wildman–Crippen MR) is 57.1 cm³/mol. The van der Waals surface area contributed by atoms with Gasteiger partial charge >= 0.3 is 0 Å². The van der Waals surface area contributed by atoms with Crippen molar-refractivity contribution in [2.24, 2.45) is 5.73 Å². The molecule has 86 valence electrons. The lowest BCUT2D eigenvalue weighted by atomic mass is 10.3. The van der Waals surface area contributed by atoms with Gasteiger partial charge in [0.1, 0.15) is 0 Å². The highest BCUT2D eigenvalue weighted by Gasteiger charge is 2.24. The molecular weight excluding hydrogens is 194 g/mol. The van der Waals surface area contributed by atoms with Crippen molar-refractivity contribution < 1.29 is 9.59 Å². The summed E-state index contributed by atoms with van der Waals surface area (Å²) >= 11 is 0. The number of carbonyl (C=O) groups is 2. The van der Waals surface area contributed by atoms with E-state index in [4.69, 9.17) is 5.73 Å². The lowest BCUT2D eigenvalue weighted by Gasteiger charge is -2.16. The number of likely N-dealkylation sites (N-methyl/N-ethyl adjacent to an activating group) is 1. The molecule has 0 aromatic heterocycles. The van der Waals surface area contributed by atoms with Crippen molar-refractivity contribution in [3.05, 3.63) is 0 Å². The first-order chi connectivity index (χ1) is 7.13. The van der Waals surface area contributed by atoms with Gasteiger partial charge in [0.25, 0.3) is 0 Å². The molecule has 0 bridgehead atoms. The smallest absolute Gasteiger partial charge is 0.239 e. The van der Waals surface area contributed by atoms with Gasteiger partial charge in [-0.1, -0.05) is 0 Å². The van der Waals surface area contributed by atoms with E-state index in [1.807, 2.05) is 0 Å². The molecule has 0 radical (unpaired) electrons. The number of carbonyl (C=O) groups excluding carboxylic acids is 2. The molecule has 0 atom stereocenters. The quantitative estimate of drug-likeness (QED) is 0.622. The summed E-state index contributed by atoms with van der Waals surface area (Å²) in [7, 11) is 1.64. The average Bonchev–Trinajstić information content (AvgIpc) is 2.97. The van der Waals surface area contributed by atoms with Gasteiger partial charge in [0.15, 0.2) is 0 Å². The predicted octanol–water partition coefficient (Wildman–Crippen LogP) is -0.538. The fraction of sp³-hybridized carbons (Fsp3) is 0.800. The van der Waals surface area contributed by atoms with E-state index in [0.717, 1.165) is 12.8 Å². The summed E-state index contributed by atoms with van der Waals surface area (Å²) in [6, 6.07) is 0.352. The molecule has 5 nitrogen and oxygen atoms in total. The normalized spacial score (nSPS) is 14.8. The van der Waals surface area contributed by atoms with Crippen LogP contribution in [-0.2, 0) is 9.59 Å². The second kappa shape index (κ2) is 5.70. The molecular formula is C10H19N3O2.